The van der Waals surface area contributed by atoms with Crippen LogP contribution in [0.3, 0.4) is 0 Å². The molecule has 0 spiro atoms. The first-order valence-corrected chi connectivity index (χ1v) is 6.11. The van der Waals surface area contributed by atoms with Gasteiger partial charge in [-0.05, 0) is 37.6 Å². The molecule has 0 aromatic carbocycles. The predicted octanol–water partition coefficient (Wildman–Crippen LogP) is 2.58. The number of hydrogen-bond acceptors (Lipinski definition) is 2. The fourth-order valence-corrected chi connectivity index (χ4v) is 2.38. The van der Waals surface area contributed by atoms with Gasteiger partial charge in [0.1, 0.15) is 0 Å². The van der Waals surface area contributed by atoms with Crippen molar-refractivity contribution in [3.8, 4) is 0 Å². The Morgan fingerprint density at radius 1 is 1.14 bits per heavy atom. The zero-order valence-corrected chi connectivity index (χ0v) is 9.77. The topological polar surface area (TPSA) is 21.3 Å². The average molecular weight is 199 g/mol. The molecule has 1 fully saturated rings. The summed E-state index contributed by atoms with van der Waals surface area (Å²) < 4.78 is 5.45. The summed E-state index contributed by atoms with van der Waals surface area (Å²) in [4.78, 5) is 0. The third-order valence-electron chi connectivity index (χ3n) is 3.26. The van der Waals surface area contributed by atoms with Gasteiger partial charge < -0.3 is 10.1 Å². The van der Waals surface area contributed by atoms with Crippen LogP contribution >= 0.6 is 0 Å². The van der Waals surface area contributed by atoms with Crippen molar-refractivity contribution in [1.29, 1.82) is 0 Å². The van der Waals surface area contributed by atoms with Gasteiger partial charge in [-0.25, -0.2) is 0 Å². The highest BCUT2D eigenvalue weighted by Gasteiger charge is 2.30. The van der Waals surface area contributed by atoms with Gasteiger partial charge in [0.2, 0.25) is 0 Å². The minimum atomic E-state index is 0.544. The van der Waals surface area contributed by atoms with Crippen molar-refractivity contribution >= 4 is 0 Å². The van der Waals surface area contributed by atoms with Crippen LogP contribution in [-0.4, -0.2) is 26.3 Å². The Bertz CT molecular complexity index is 136. The van der Waals surface area contributed by atoms with Gasteiger partial charge in [0.15, 0.2) is 0 Å². The van der Waals surface area contributed by atoms with Gasteiger partial charge in [-0.1, -0.05) is 20.3 Å². The molecule has 0 saturated carbocycles. The molecular weight excluding hydrogens is 174 g/mol. The molecule has 0 radical (unpaired) electrons. The largest absolute Gasteiger partial charge is 0.381 e. The van der Waals surface area contributed by atoms with Crippen molar-refractivity contribution in [3.63, 3.8) is 0 Å². The molecule has 0 unspecified atom stereocenters. The van der Waals surface area contributed by atoms with E-state index in [9.17, 15) is 0 Å². The molecular formula is C12H25NO. The normalized spacial score (nSPS) is 21.0. The van der Waals surface area contributed by atoms with E-state index < -0.39 is 0 Å². The average Bonchev–Trinajstić information content (AvgIpc) is 2.20. The fourth-order valence-electron chi connectivity index (χ4n) is 2.38. The molecule has 0 atom stereocenters. The Kier molecular flexibility index (Phi) is 5.49. The maximum atomic E-state index is 5.45. The molecule has 14 heavy (non-hydrogen) atoms. The summed E-state index contributed by atoms with van der Waals surface area (Å²) in [6.07, 6.45) is 6.38. The summed E-state index contributed by atoms with van der Waals surface area (Å²) in [6.45, 7) is 8.80. The third kappa shape index (κ3) is 3.58. The molecule has 0 bridgehead atoms. The second-order valence-electron chi connectivity index (χ2n) is 4.54. The lowest BCUT2D eigenvalue weighted by molar-refractivity contribution is 0.0102. The lowest BCUT2D eigenvalue weighted by Crippen LogP contribution is -2.39. The summed E-state index contributed by atoms with van der Waals surface area (Å²) in [5.74, 6) is 0. The maximum Gasteiger partial charge on any atom is 0.0471 e. The van der Waals surface area contributed by atoms with Crippen molar-refractivity contribution < 1.29 is 4.74 Å². The Labute approximate surface area is 88.4 Å². The molecule has 1 aliphatic heterocycles. The highest BCUT2D eigenvalue weighted by molar-refractivity contribution is 4.83. The van der Waals surface area contributed by atoms with E-state index in [1.807, 2.05) is 0 Å². The third-order valence-corrected chi connectivity index (χ3v) is 3.26. The number of nitrogens with one attached hydrogen (secondary N) is 1. The van der Waals surface area contributed by atoms with Crippen molar-refractivity contribution in [3.05, 3.63) is 0 Å². The van der Waals surface area contributed by atoms with Crippen molar-refractivity contribution in [2.75, 3.05) is 26.3 Å². The van der Waals surface area contributed by atoms with Crippen LogP contribution in [0.15, 0.2) is 0 Å². The Balaban J connectivity index is 2.34. The first-order valence-electron chi connectivity index (χ1n) is 6.11. The van der Waals surface area contributed by atoms with Crippen LogP contribution in [0.5, 0.6) is 0 Å². The van der Waals surface area contributed by atoms with Crippen LogP contribution < -0.4 is 5.32 Å². The molecule has 84 valence electrons. The SMILES string of the molecule is CCCNCC1(CCC)CCOCC1. The summed E-state index contributed by atoms with van der Waals surface area (Å²) in [7, 11) is 0. The van der Waals surface area contributed by atoms with Crippen molar-refractivity contribution in [2.24, 2.45) is 5.41 Å². The van der Waals surface area contributed by atoms with Crippen LogP contribution in [-0.2, 0) is 4.74 Å². The monoisotopic (exact) mass is 199 g/mol. The van der Waals surface area contributed by atoms with Crippen LogP contribution in [0.25, 0.3) is 0 Å². The highest BCUT2D eigenvalue weighted by Crippen LogP contribution is 2.34. The minimum Gasteiger partial charge on any atom is -0.381 e. The van der Waals surface area contributed by atoms with Crippen LogP contribution in [0, 0.1) is 5.41 Å². The minimum absolute atomic E-state index is 0.544. The Morgan fingerprint density at radius 2 is 1.86 bits per heavy atom. The van der Waals surface area contributed by atoms with E-state index in [4.69, 9.17) is 4.74 Å². The molecule has 0 aliphatic carbocycles. The van der Waals surface area contributed by atoms with Gasteiger partial charge in [0, 0.05) is 19.8 Å². The van der Waals surface area contributed by atoms with Gasteiger partial charge >= 0.3 is 0 Å². The van der Waals surface area contributed by atoms with Gasteiger partial charge in [-0.2, -0.15) is 0 Å². The number of rotatable bonds is 6. The molecule has 1 saturated heterocycles. The number of ether oxygens (including phenoxy) is 1. The van der Waals surface area contributed by atoms with E-state index in [1.165, 1.54) is 38.6 Å². The zero-order valence-electron chi connectivity index (χ0n) is 9.77. The van der Waals surface area contributed by atoms with E-state index in [-0.39, 0.29) is 0 Å². The fraction of sp³-hybridized carbons (Fsp3) is 1.00. The Morgan fingerprint density at radius 3 is 2.43 bits per heavy atom. The molecule has 2 heteroatoms. The van der Waals surface area contributed by atoms with E-state index >= 15 is 0 Å². The molecule has 1 aliphatic rings. The molecule has 2 nitrogen and oxygen atoms in total. The zero-order chi connectivity index (χ0) is 10.3. The second kappa shape index (κ2) is 6.41. The smallest absolute Gasteiger partial charge is 0.0471 e. The molecule has 1 rings (SSSR count). The van der Waals surface area contributed by atoms with Gasteiger partial charge in [-0.3, -0.25) is 0 Å². The van der Waals surface area contributed by atoms with E-state index in [0.29, 0.717) is 5.41 Å². The maximum absolute atomic E-state index is 5.45. The molecule has 1 heterocycles. The van der Waals surface area contributed by atoms with Gasteiger partial charge in [0.25, 0.3) is 0 Å². The van der Waals surface area contributed by atoms with E-state index in [1.54, 1.807) is 0 Å². The lowest BCUT2D eigenvalue weighted by atomic mass is 9.76. The first kappa shape index (κ1) is 12.0. The molecule has 0 aromatic heterocycles. The summed E-state index contributed by atoms with van der Waals surface area (Å²) in [5, 5.41) is 3.57. The van der Waals surface area contributed by atoms with Crippen molar-refractivity contribution in [1.82, 2.24) is 5.32 Å². The van der Waals surface area contributed by atoms with E-state index in [2.05, 4.69) is 19.2 Å². The molecule has 1 N–H and O–H groups in total. The quantitative estimate of drug-likeness (QED) is 0.664. The second-order valence-corrected chi connectivity index (χ2v) is 4.54. The number of hydrogen-bond donors (Lipinski definition) is 1. The van der Waals surface area contributed by atoms with Crippen LogP contribution in [0.4, 0.5) is 0 Å². The summed E-state index contributed by atoms with van der Waals surface area (Å²) in [6, 6.07) is 0. The lowest BCUT2D eigenvalue weighted by Gasteiger charge is -2.37. The molecule has 0 aromatic rings. The van der Waals surface area contributed by atoms with Gasteiger partial charge in [0.05, 0.1) is 0 Å². The standard InChI is InChI=1S/C12H25NO/c1-3-5-12(11-13-8-4-2)6-9-14-10-7-12/h13H,3-11H2,1-2H3. The van der Waals surface area contributed by atoms with Crippen LogP contribution in [0.2, 0.25) is 0 Å². The Hall–Kier alpha value is -0.0800. The first-order chi connectivity index (χ1) is 6.83. The molecule has 0 amide bonds. The summed E-state index contributed by atoms with van der Waals surface area (Å²) >= 11 is 0. The van der Waals surface area contributed by atoms with Crippen molar-refractivity contribution in [2.45, 2.75) is 46.0 Å². The summed E-state index contributed by atoms with van der Waals surface area (Å²) in [5.41, 5.74) is 0.544. The highest BCUT2D eigenvalue weighted by atomic mass is 16.5. The van der Waals surface area contributed by atoms with E-state index in [0.717, 1.165) is 19.8 Å². The predicted molar refractivity (Wildman–Crippen MR) is 60.6 cm³/mol. The van der Waals surface area contributed by atoms with Gasteiger partial charge in [-0.15, -0.1) is 0 Å². The van der Waals surface area contributed by atoms with Crippen LogP contribution in [0.1, 0.15) is 46.0 Å².